The van der Waals surface area contributed by atoms with E-state index >= 15 is 0 Å². The summed E-state index contributed by atoms with van der Waals surface area (Å²) in [6.45, 7) is 5.09. The number of fused-ring (bicyclic) bond motifs is 1. The van der Waals surface area contributed by atoms with Crippen molar-refractivity contribution in [3.63, 3.8) is 0 Å². The van der Waals surface area contributed by atoms with Crippen molar-refractivity contribution in [3.05, 3.63) is 36.0 Å². The van der Waals surface area contributed by atoms with Gasteiger partial charge >= 0.3 is 0 Å². The molecule has 1 saturated heterocycles. The van der Waals surface area contributed by atoms with Crippen molar-refractivity contribution >= 4 is 16.8 Å². The third-order valence-electron chi connectivity index (χ3n) is 6.51. The second kappa shape index (κ2) is 10.8. The Kier molecular flexibility index (Phi) is 7.57. The minimum atomic E-state index is -0.0690. The average molecular weight is 410 g/mol. The summed E-state index contributed by atoms with van der Waals surface area (Å²) in [7, 11) is 0. The number of nitrogens with zero attached hydrogens (tertiary/aromatic N) is 2. The number of hydrogen-bond donors (Lipinski definition) is 1. The second-order valence-corrected chi connectivity index (χ2v) is 8.87. The van der Waals surface area contributed by atoms with Crippen molar-refractivity contribution < 1.29 is 9.53 Å². The molecule has 0 atom stereocenters. The van der Waals surface area contributed by atoms with Crippen molar-refractivity contribution in [2.45, 2.75) is 57.8 Å². The number of hydrogen-bond acceptors (Lipinski definition) is 4. The van der Waals surface area contributed by atoms with Gasteiger partial charge in [0.1, 0.15) is 11.4 Å². The summed E-state index contributed by atoms with van der Waals surface area (Å²) in [4.78, 5) is 19.6. The fourth-order valence-corrected chi connectivity index (χ4v) is 4.70. The lowest BCUT2D eigenvalue weighted by Crippen LogP contribution is -2.31. The Morgan fingerprint density at radius 1 is 1.03 bits per heavy atom. The molecule has 2 aromatic rings. The molecule has 1 N–H and O–H groups in total. The van der Waals surface area contributed by atoms with Gasteiger partial charge < -0.3 is 15.0 Å². The van der Waals surface area contributed by atoms with Gasteiger partial charge in [-0.2, -0.15) is 0 Å². The van der Waals surface area contributed by atoms with Crippen LogP contribution in [0.3, 0.4) is 0 Å². The Labute approximate surface area is 180 Å². The van der Waals surface area contributed by atoms with Gasteiger partial charge in [0.2, 0.25) is 0 Å². The zero-order valence-corrected chi connectivity index (χ0v) is 18.1. The highest BCUT2D eigenvalue weighted by Crippen LogP contribution is 2.23. The highest BCUT2D eigenvalue weighted by atomic mass is 16.5. The molecule has 162 valence electrons. The molecule has 1 aliphatic carbocycles. The smallest absolute Gasteiger partial charge is 0.269 e. The summed E-state index contributed by atoms with van der Waals surface area (Å²) in [6.07, 6.45) is 11.5. The average Bonchev–Trinajstić information content (AvgIpc) is 2.81. The van der Waals surface area contributed by atoms with E-state index in [2.05, 4.69) is 15.2 Å². The molecule has 0 unspecified atom stereocenters. The molecule has 30 heavy (non-hydrogen) atoms. The number of benzene rings is 1. The first kappa shape index (κ1) is 21.1. The second-order valence-electron chi connectivity index (χ2n) is 8.87. The first-order valence-corrected chi connectivity index (χ1v) is 11.8. The maximum atomic E-state index is 12.5. The van der Waals surface area contributed by atoms with Crippen LogP contribution in [-0.4, -0.2) is 48.6 Å². The normalized spacial score (nSPS) is 18.4. The molecule has 1 saturated carbocycles. The fraction of sp³-hybridized carbons (Fsp3) is 0.600. The number of aromatic nitrogens is 1. The number of carbonyl (C=O) groups excluding carboxylic acids is 1. The van der Waals surface area contributed by atoms with Crippen LogP contribution in [0.1, 0.15) is 68.3 Å². The van der Waals surface area contributed by atoms with E-state index in [-0.39, 0.29) is 5.91 Å². The molecular weight excluding hydrogens is 374 g/mol. The van der Waals surface area contributed by atoms with Crippen LogP contribution in [0.25, 0.3) is 10.9 Å². The maximum absolute atomic E-state index is 12.5. The molecule has 5 nitrogen and oxygen atoms in total. The molecule has 5 heteroatoms. The minimum Gasteiger partial charge on any atom is -0.494 e. The zero-order valence-electron chi connectivity index (χ0n) is 18.1. The van der Waals surface area contributed by atoms with Crippen LogP contribution < -0.4 is 10.1 Å². The molecule has 4 rings (SSSR count). The highest BCUT2D eigenvalue weighted by molar-refractivity contribution is 5.95. The lowest BCUT2D eigenvalue weighted by Gasteiger charge is -2.26. The molecule has 0 spiro atoms. The Morgan fingerprint density at radius 2 is 1.83 bits per heavy atom. The number of ether oxygens (including phenoxy) is 1. The fourth-order valence-electron chi connectivity index (χ4n) is 4.70. The van der Waals surface area contributed by atoms with Gasteiger partial charge in [-0.15, -0.1) is 0 Å². The van der Waals surface area contributed by atoms with Crippen LogP contribution in [0.15, 0.2) is 30.3 Å². The van der Waals surface area contributed by atoms with Crippen LogP contribution in [0.4, 0.5) is 0 Å². The summed E-state index contributed by atoms with van der Waals surface area (Å²) >= 11 is 0. The lowest BCUT2D eigenvalue weighted by atomic mass is 9.89. The molecule has 0 radical (unpaired) electrons. The summed E-state index contributed by atoms with van der Waals surface area (Å²) in [5, 5.41) is 4.08. The van der Waals surface area contributed by atoms with E-state index in [4.69, 9.17) is 4.74 Å². The van der Waals surface area contributed by atoms with Gasteiger partial charge in [-0.05, 0) is 75.4 Å². The van der Waals surface area contributed by atoms with Crippen molar-refractivity contribution in [2.24, 2.45) is 5.92 Å². The van der Waals surface area contributed by atoms with E-state index in [1.807, 2.05) is 30.3 Å². The zero-order chi connectivity index (χ0) is 20.6. The number of nitrogens with one attached hydrogen (secondary N) is 1. The molecule has 0 bridgehead atoms. The van der Waals surface area contributed by atoms with Crippen molar-refractivity contribution in [1.29, 1.82) is 0 Å². The minimum absolute atomic E-state index is 0.0690. The van der Waals surface area contributed by atoms with Crippen LogP contribution in [0.2, 0.25) is 0 Å². The van der Waals surface area contributed by atoms with Crippen molar-refractivity contribution in [2.75, 3.05) is 32.8 Å². The Balaban J connectivity index is 1.26. The largest absolute Gasteiger partial charge is 0.494 e. The Morgan fingerprint density at radius 3 is 2.67 bits per heavy atom. The van der Waals surface area contributed by atoms with Gasteiger partial charge in [-0.3, -0.25) is 4.79 Å². The highest BCUT2D eigenvalue weighted by Gasteiger charge is 2.16. The van der Waals surface area contributed by atoms with Crippen LogP contribution >= 0.6 is 0 Å². The van der Waals surface area contributed by atoms with E-state index in [0.717, 1.165) is 42.8 Å². The molecule has 1 aromatic carbocycles. The van der Waals surface area contributed by atoms with Gasteiger partial charge in [0.25, 0.3) is 5.91 Å². The monoisotopic (exact) mass is 409 g/mol. The van der Waals surface area contributed by atoms with Crippen molar-refractivity contribution in [1.82, 2.24) is 15.2 Å². The lowest BCUT2D eigenvalue weighted by molar-refractivity contribution is 0.0939. The predicted molar refractivity (Wildman–Crippen MR) is 121 cm³/mol. The van der Waals surface area contributed by atoms with Gasteiger partial charge in [0.15, 0.2) is 0 Å². The molecule has 2 heterocycles. The number of likely N-dealkylation sites (tertiary alicyclic amines) is 1. The van der Waals surface area contributed by atoms with E-state index in [1.54, 1.807) is 0 Å². The standard InChI is InChI=1S/C25H35N3O2/c29-25(26-19-20-8-3-1-4-9-20)24-12-10-21-18-22(11-13-23(21)27-24)30-17-7-16-28-14-5-2-6-15-28/h10-13,18,20H,1-9,14-17,19H2,(H,26,29). The number of pyridine rings is 1. The van der Waals surface area contributed by atoms with Gasteiger partial charge in [0.05, 0.1) is 12.1 Å². The van der Waals surface area contributed by atoms with Crippen LogP contribution in [0, 0.1) is 5.92 Å². The van der Waals surface area contributed by atoms with Crippen LogP contribution in [0.5, 0.6) is 5.75 Å². The quantitative estimate of drug-likeness (QED) is 0.636. The third kappa shape index (κ3) is 5.94. The topological polar surface area (TPSA) is 54.5 Å². The molecule has 2 aliphatic rings. The molecule has 2 fully saturated rings. The first-order valence-electron chi connectivity index (χ1n) is 11.8. The van der Waals surface area contributed by atoms with Crippen molar-refractivity contribution in [3.8, 4) is 5.75 Å². The summed E-state index contributed by atoms with van der Waals surface area (Å²) in [5.41, 5.74) is 1.33. The van der Waals surface area contributed by atoms with Gasteiger partial charge in [0, 0.05) is 18.5 Å². The van der Waals surface area contributed by atoms with E-state index in [1.165, 1.54) is 64.5 Å². The molecule has 1 amide bonds. The molecular formula is C25H35N3O2. The SMILES string of the molecule is O=C(NCC1CCCCC1)c1ccc2cc(OCCCN3CCCCC3)ccc2n1. The maximum Gasteiger partial charge on any atom is 0.269 e. The Bertz CT molecular complexity index is 826. The molecule has 1 aromatic heterocycles. The third-order valence-corrected chi connectivity index (χ3v) is 6.51. The van der Waals surface area contributed by atoms with E-state index in [9.17, 15) is 4.79 Å². The van der Waals surface area contributed by atoms with Gasteiger partial charge in [-0.25, -0.2) is 4.98 Å². The number of amides is 1. The molecule has 1 aliphatic heterocycles. The van der Waals surface area contributed by atoms with E-state index in [0.29, 0.717) is 11.6 Å². The van der Waals surface area contributed by atoms with Crippen LogP contribution in [-0.2, 0) is 0 Å². The number of carbonyl (C=O) groups is 1. The first-order chi connectivity index (χ1) is 14.8. The number of piperidine rings is 1. The number of rotatable bonds is 8. The summed E-state index contributed by atoms with van der Waals surface area (Å²) in [5.74, 6) is 1.43. The van der Waals surface area contributed by atoms with Gasteiger partial charge in [-0.1, -0.05) is 31.7 Å². The summed E-state index contributed by atoms with van der Waals surface area (Å²) < 4.78 is 5.95. The van der Waals surface area contributed by atoms with E-state index < -0.39 is 0 Å². The Hall–Kier alpha value is -2.14. The predicted octanol–water partition coefficient (Wildman–Crippen LogP) is 4.80. The summed E-state index contributed by atoms with van der Waals surface area (Å²) in [6, 6.07) is 9.72.